The number of nitrogens with zero attached hydrogens (tertiary/aromatic N) is 2. The molecule has 0 aromatic heterocycles. The smallest absolute Gasteiger partial charge is 0.268 e. The Kier molecular flexibility index (Phi) is 7.07. The summed E-state index contributed by atoms with van der Waals surface area (Å²) in [6.45, 7) is 5.64. The van der Waals surface area contributed by atoms with Crippen LogP contribution in [-0.2, 0) is 21.1 Å². The number of carbonyl (C=O) groups excluding carboxylic acids is 1. The van der Waals surface area contributed by atoms with E-state index >= 15 is 0 Å². The van der Waals surface area contributed by atoms with Crippen LogP contribution in [0.2, 0.25) is 0 Å². The fourth-order valence-corrected chi connectivity index (χ4v) is 4.50. The van der Waals surface area contributed by atoms with E-state index in [4.69, 9.17) is 21.6 Å². The number of amides is 1. The second-order valence-corrected chi connectivity index (χ2v) is 7.25. The Morgan fingerprint density at radius 1 is 1.65 bits per heavy atom. The van der Waals surface area contributed by atoms with E-state index in [0.717, 1.165) is 0 Å². The first kappa shape index (κ1) is 16.1. The number of nitrogens with one attached hydrogen (secondary N) is 2. The minimum atomic E-state index is -2.86. The van der Waals surface area contributed by atoms with Crippen LogP contribution in [0.3, 0.4) is 0 Å². The molecule has 0 rings (SSSR count). The van der Waals surface area contributed by atoms with Gasteiger partial charge in [-0.05, 0) is 32.6 Å². The Labute approximate surface area is 105 Å². The molecule has 2 N–H and O–H groups in total. The lowest BCUT2D eigenvalue weighted by atomic mass is 10.4. The topological polar surface area (TPSA) is 104 Å². The van der Waals surface area contributed by atoms with Gasteiger partial charge < -0.3 is 4.52 Å². The third-order valence-electron chi connectivity index (χ3n) is 1.63. The molecule has 0 aliphatic rings. The minimum Gasteiger partial charge on any atom is -0.337 e. The molecule has 1 amide bonds. The van der Waals surface area contributed by atoms with Gasteiger partial charge in [-0.25, -0.2) is 5.43 Å². The molecule has 0 aromatic carbocycles. The van der Waals surface area contributed by atoms with E-state index in [1.807, 2.05) is 13.8 Å². The molecule has 96 valence electrons. The van der Waals surface area contributed by atoms with Crippen LogP contribution in [0.5, 0.6) is 0 Å². The number of rotatable bonds is 7. The monoisotopic (exact) mass is 278 g/mol. The molecule has 0 fully saturated rings. The summed E-state index contributed by atoms with van der Waals surface area (Å²) in [5.41, 5.74) is 0.445. The molecule has 9 heteroatoms. The summed E-state index contributed by atoms with van der Waals surface area (Å²) in [5.74, 6) is -0.840. The van der Waals surface area contributed by atoms with E-state index in [1.54, 1.807) is 18.4 Å². The highest BCUT2D eigenvalue weighted by molar-refractivity contribution is 8.12. The molecule has 0 bridgehead atoms. The van der Waals surface area contributed by atoms with Crippen LogP contribution < -0.4 is 10.5 Å². The van der Waals surface area contributed by atoms with E-state index in [2.05, 4.69) is 10.4 Å². The van der Waals surface area contributed by atoms with Gasteiger partial charge in [0.1, 0.15) is 0 Å². The molecule has 0 aliphatic carbocycles. The lowest BCUT2D eigenvalue weighted by molar-refractivity contribution is -0.119. The summed E-state index contributed by atoms with van der Waals surface area (Å²) in [6, 6.07) is 1.72. The predicted molar refractivity (Wildman–Crippen MR) is 67.5 cm³/mol. The lowest BCUT2D eigenvalue weighted by Crippen LogP contribution is -2.36. The van der Waals surface area contributed by atoms with Crippen LogP contribution in [0, 0.1) is 16.2 Å². The van der Waals surface area contributed by atoms with E-state index in [1.165, 1.54) is 0 Å². The third-order valence-corrected chi connectivity index (χ3v) is 5.44. The van der Waals surface area contributed by atoms with E-state index < -0.39 is 18.0 Å². The van der Waals surface area contributed by atoms with Crippen molar-refractivity contribution in [3.8, 4) is 6.07 Å². The van der Waals surface area contributed by atoms with E-state index in [9.17, 15) is 9.70 Å². The average Bonchev–Trinajstić information content (AvgIpc) is 2.17. The van der Waals surface area contributed by atoms with Crippen LogP contribution in [0.15, 0.2) is 5.29 Å². The van der Waals surface area contributed by atoms with Crippen molar-refractivity contribution < 1.29 is 9.32 Å². The molecule has 2 atom stereocenters. The highest BCUT2D eigenvalue weighted by Crippen LogP contribution is 2.48. The van der Waals surface area contributed by atoms with Crippen molar-refractivity contribution in [1.29, 1.82) is 5.26 Å². The summed E-state index contributed by atoms with van der Waals surface area (Å²) < 4.78 is 5.35. The molecule has 0 spiro atoms. The zero-order valence-corrected chi connectivity index (χ0v) is 11.5. The highest BCUT2D eigenvalue weighted by Gasteiger charge is 2.36. The van der Waals surface area contributed by atoms with Gasteiger partial charge in [0.25, 0.3) is 5.91 Å². The van der Waals surface area contributed by atoms with Gasteiger partial charge in [-0.2, -0.15) is 5.26 Å². The second kappa shape index (κ2) is 7.45. The Bertz CT molecular complexity index is 368. The molecule has 0 heterocycles. The van der Waals surface area contributed by atoms with Crippen LogP contribution in [0.4, 0.5) is 0 Å². The zero-order chi connectivity index (χ0) is 13.5. The Morgan fingerprint density at radius 2 is 2.24 bits per heavy atom. The van der Waals surface area contributed by atoms with Crippen LogP contribution in [0.1, 0.15) is 20.8 Å². The number of nitriles is 1. The molecule has 0 aromatic rings. The van der Waals surface area contributed by atoms with Gasteiger partial charge in [-0.15, -0.1) is 4.91 Å². The predicted octanol–water partition coefficient (Wildman–Crippen LogP) is 1.02. The van der Waals surface area contributed by atoms with Crippen molar-refractivity contribution in [3.63, 3.8) is 0 Å². The third kappa shape index (κ3) is 4.88. The van der Waals surface area contributed by atoms with Crippen molar-refractivity contribution in [2.24, 2.45) is 5.29 Å². The summed E-state index contributed by atoms with van der Waals surface area (Å²) in [6.07, 6.45) is -2.86. The molecular formula is C8H15N4O3PS. The quantitative estimate of drug-likeness (QED) is 0.409. The number of nitroso groups, excluding NO2 is 1. The van der Waals surface area contributed by atoms with Crippen molar-refractivity contribution in [3.05, 3.63) is 4.91 Å². The highest BCUT2D eigenvalue weighted by atomic mass is 32.4. The van der Waals surface area contributed by atoms with Gasteiger partial charge in [-0.1, -0.05) is 0 Å². The van der Waals surface area contributed by atoms with Gasteiger partial charge in [0.15, 0.2) is 12.1 Å². The normalized spacial score (nSPS) is 15.7. The van der Waals surface area contributed by atoms with Crippen LogP contribution in [0.25, 0.3) is 0 Å². The Balaban J connectivity index is 5.12. The first-order valence-corrected chi connectivity index (χ1v) is 7.74. The van der Waals surface area contributed by atoms with Crippen molar-refractivity contribution in [1.82, 2.24) is 10.5 Å². The van der Waals surface area contributed by atoms with Gasteiger partial charge in [0.2, 0.25) is 0 Å². The Hall–Kier alpha value is -0.870. The Morgan fingerprint density at radius 3 is 2.59 bits per heavy atom. The number of hydrogen-bond acceptors (Lipinski definition) is 6. The van der Waals surface area contributed by atoms with Crippen LogP contribution >= 0.6 is 6.42 Å². The molecule has 7 nitrogen and oxygen atoms in total. The summed E-state index contributed by atoms with van der Waals surface area (Å²) in [5, 5.41) is 14.2. The molecule has 0 saturated heterocycles. The maximum Gasteiger partial charge on any atom is 0.268 e. The summed E-state index contributed by atoms with van der Waals surface area (Å²) in [7, 11) is 0. The summed E-state index contributed by atoms with van der Waals surface area (Å²) in [4.78, 5) is 21.5. The fraction of sp³-hybridized carbons (Fsp3) is 0.750. The largest absolute Gasteiger partial charge is 0.337 e. The minimum absolute atomic E-state index is 0.0415. The molecule has 17 heavy (non-hydrogen) atoms. The molecular weight excluding hydrogens is 263 g/mol. The van der Waals surface area contributed by atoms with E-state index in [0.29, 0.717) is 0 Å². The van der Waals surface area contributed by atoms with E-state index in [-0.39, 0.29) is 12.6 Å². The molecule has 0 aliphatic heterocycles. The summed E-state index contributed by atoms with van der Waals surface area (Å²) >= 11 is 5.24. The van der Waals surface area contributed by atoms with Gasteiger partial charge >= 0.3 is 0 Å². The lowest BCUT2D eigenvalue weighted by Gasteiger charge is -2.27. The fourth-order valence-electron chi connectivity index (χ4n) is 1.13. The van der Waals surface area contributed by atoms with Crippen molar-refractivity contribution in [2.75, 3.05) is 6.61 Å². The van der Waals surface area contributed by atoms with Crippen LogP contribution in [-0.4, -0.2) is 24.2 Å². The van der Waals surface area contributed by atoms with Crippen molar-refractivity contribution >= 4 is 24.1 Å². The second-order valence-electron chi connectivity index (χ2n) is 3.40. The van der Waals surface area contributed by atoms with Crippen molar-refractivity contribution in [2.45, 2.75) is 32.5 Å². The average molecular weight is 278 g/mol. The van der Waals surface area contributed by atoms with Gasteiger partial charge in [-0.3, -0.25) is 9.88 Å². The molecule has 0 radical (unpaired) electrons. The maximum absolute atomic E-state index is 11.5. The standard InChI is InChI=1S/C8H15N4O3PS/c1-4-15-16(17,11-6(2)3)7(5-9)8(13)10-12-14/h6-7H,4H2,1-3H3,(H,11,17)(H,10,13,14). The first-order valence-electron chi connectivity index (χ1n) is 4.95. The number of hydrogen-bond donors (Lipinski definition) is 2. The zero-order valence-electron chi connectivity index (χ0n) is 9.84. The van der Waals surface area contributed by atoms with Gasteiger partial charge in [0, 0.05) is 6.04 Å². The first-order chi connectivity index (χ1) is 7.91. The maximum atomic E-state index is 11.5. The number of carbonyl (C=O) groups is 1. The molecule has 0 saturated carbocycles. The molecule has 2 unspecified atom stereocenters. The van der Waals surface area contributed by atoms with Gasteiger partial charge in [0.05, 0.1) is 18.0 Å². The SMILES string of the molecule is CCOP(=S)(NC(C)C)C(C#N)C(=O)NN=O.